The number of benzene rings is 3. The quantitative estimate of drug-likeness (QED) is 0.0396. The Balaban J connectivity index is 1.11. The van der Waals surface area contributed by atoms with Gasteiger partial charge in [-0.05, 0) is 49.4 Å². The lowest BCUT2D eigenvalue weighted by atomic mass is 9.72. The Morgan fingerprint density at radius 3 is 2.22 bits per heavy atom. The first-order valence-electron chi connectivity index (χ1n) is 25.1. The molecule has 0 bridgehead atoms. The highest BCUT2D eigenvalue weighted by atomic mass is 16.7. The number of ether oxygens (including phenoxy) is 4. The van der Waals surface area contributed by atoms with E-state index in [-0.39, 0.29) is 85.0 Å². The first-order valence-corrected chi connectivity index (χ1v) is 25.1. The minimum Gasteiger partial charge on any atom is -0.507 e. The number of rotatable bonds is 22. The molecule has 12 N–H and O–H groups in total. The van der Waals surface area contributed by atoms with E-state index in [1.54, 1.807) is 39.8 Å². The standard InChI is InChI=1S/C53H66N6O18/c1-24(2)33(61)16-17-37(63)59-43(25(3)4)50(70)57-31(10-8-18-55-51(54)71)49(69)56-28-14-12-27(13-15-28)23-75-52(72)58-32-19-38(76-26(5)44(32)64)77-35-21-53(73,36(62)22-60)20-30-40(35)48(68)42-41(46(30)66)45(65)29-9-7-11-34(74-6)39(29)47(42)67/h7,9,11-15,24-26,31-32,35,38,43-44,60,64,66,68,73H,8,10,16-23H2,1-6H3,(H,56,69)(H,57,70)(H,58,72)(H,59,63)(H3,54,55,71)/t26-,31-,32-,35-,38-,43-,44-,53-/m0/s1. The van der Waals surface area contributed by atoms with Gasteiger partial charge in [0.15, 0.2) is 17.9 Å². The number of ketones is 4. The smallest absolute Gasteiger partial charge is 0.407 e. The van der Waals surface area contributed by atoms with Crippen molar-refractivity contribution in [1.29, 1.82) is 0 Å². The van der Waals surface area contributed by atoms with Gasteiger partial charge in [0.05, 0.1) is 42.0 Å². The number of amides is 6. The zero-order valence-electron chi connectivity index (χ0n) is 43.4. The number of fused-ring (bicyclic) bond motifs is 3. The van der Waals surface area contributed by atoms with Crippen LogP contribution >= 0.6 is 0 Å². The zero-order valence-corrected chi connectivity index (χ0v) is 43.4. The summed E-state index contributed by atoms with van der Waals surface area (Å²) in [5, 5.41) is 69.2. The van der Waals surface area contributed by atoms with Crippen molar-refractivity contribution in [2.75, 3.05) is 25.6 Å². The number of nitrogens with two attached hydrogens (primary N) is 1. The van der Waals surface area contributed by atoms with E-state index >= 15 is 0 Å². The van der Waals surface area contributed by atoms with Gasteiger partial charge in [-0.2, -0.15) is 0 Å². The van der Waals surface area contributed by atoms with Crippen molar-refractivity contribution in [3.8, 4) is 17.2 Å². The highest BCUT2D eigenvalue weighted by molar-refractivity contribution is 6.31. The topological polar surface area (TPSA) is 378 Å². The third-order valence-electron chi connectivity index (χ3n) is 13.8. The minimum atomic E-state index is -2.42. The van der Waals surface area contributed by atoms with Crippen LogP contribution in [0.15, 0.2) is 42.5 Å². The molecule has 1 fully saturated rings. The van der Waals surface area contributed by atoms with Crippen LogP contribution in [0.1, 0.15) is 128 Å². The molecule has 77 heavy (non-hydrogen) atoms. The first kappa shape index (κ1) is 58.7. The summed E-state index contributed by atoms with van der Waals surface area (Å²) in [7, 11) is 1.28. The maximum atomic E-state index is 14.1. The summed E-state index contributed by atoms with van der Waals surface area (Å²) in [5.74, 6) is -6.89. The highest BCUT2D eigenvalue weighted by Gasteiger charge is 2.50. The van der Waals surface area contributed by atoms with E-state index < -0.39 is 144 Å². The number of primary amides is 1. The molecule has 3 aromatic carbocycles. The molecule has 24 nitrogen and oxygen atoms in total. The van der Waals surface area contributed by atoms with Crippen LogP contribution in [-0.2, 0) is 51.2 Å². The van der Waals surface area contributed by atoms with Gasteiger partial charge in [-0.25, -0.2) is 9.59 Å². The molecule has 2 aliphatic carbocycles. The van der Waals surface area contributed by atoms with Crippen LogP contribution in [0.25, 0.3) is 0 Å². The molecule has 0 radical (unpaired) electrons. The summed E-state index contributed by atoms with van der Waals surface area (Å²) in [6.45, 7) is 7.00. The molecule has 1 saturated heterocycles. The predicted molar refractivity (Wildman–Crippen MR) is 271 cm³/mol. The fourth-order valence-electron chi connectivity index (χ4n) is 9.47. The molecule has 24 heteroatoms. The third-order valence-corrected chi connectivity index (χ3v) is 13.8. The zero-order chi connectivity index (χ0) is 56.6. The maximum absolute atomic E-state index is 14.1. The molecule has 0 spiro atoms. The fourth-order valence-corrected chi connectivity index (χ4v) is 9.47. The number of urea groups is 1. The number of Topliss-reactive ketones (excluding diaryl/α,β-unsaturated/α-hetero) is 2. The van der Waals surface area contributed by atoms with Gasteiger partial charge in [-0.3, -0.25) is 33.6 Å². The predicted octanol–water partition coefficient (Wildman–Crippen LogP) is 1.99. The molecule has 416 valence electrons. The number of nitrogens with one attached hydrogen (secondary N) is 5. The summed E-state index contributed by atoms with van der Waals surface area (Å²) in [5.41, 5.74) is 1.51. The molecule has 1 aliphatic heterocycles. The number of alkyl carbamates (subject to hydrolysis) is 1. The van der Waals surface area contributed by atoms with Gasteiger partial charge in [0.25, 0.3) is 0 Å². The molecule has 6 amide bonds. The number of anilines is 1. The lowest BCUT2D eigenvalue weighted by Crippen LogP contribution is -2.56. The monoisotopic (exact) mass is 1070 g/mol. The Kier molecular flexibility index (Phi) is 19.1. The number of methoxy groups -OCH3 is 1. The number of carbonyl (C=O) groups is 9. The number of aromatic hydroxyl groups is 2. The average molecular weight is 1080 g/mol. The van der Waals surface area contributed by atoms with E-state index in [9.17, 15) is 68.7 Å². The number of hydrogen-bond acceptors (Lipinski definition) is 18. The Morgan fingerprint density at radius 1 is 0.896 bits per heavy atom. The average Bonchev–Trinajstić information content (AvgIpc) is 3.48. The second-order valence-corrected chi connectivity index (χ2v) is 19.9. The maximum Gasteiger partial charge on any atom is 0.407 e. The molecular formula is C53H66N6O18. The van der Waals surface area contributed by atoms with Crippen molar-refractivity contribution in [3.05, 3.63) is 81.4 Å². The number of hydrogen-bond donors (Lipinski definition) is 11. The van der Waals surface area contributed by atoms with E-state index in [0.717, 1.165) is 0 Å². The van der Waals surface area contributed by atoms with Crippen molar-refractivity contribution >= 4 is 58.7 Å². The summed E-state index contributed by atoms with van der Waals surface area (Å²) < 4.78 is 23.0. The molecule has 3 aromatic rings. The van der Waals surface area contributed by atoms with E-state index in [4.69, 9.17) is 24.7 Å². The van der Waals surface area contributed by atoms with Gasteiger partial charge in [0, 0.05) is 66.9 Å². The number of carbonyl (C=O) groups excluding carboxylic acids is 9. The lowest BCUT2D eigenvalue weighted by Gasteiger charge is -2.42. The Bertz CT molecular complexity index is 2780. The van der Waals surface area contributed by atoms with Crippen molar-refractivity contribution in [1.82, 2.24) is 21.3 Å². The van der Waals surface area contributed by atoms with Crippen LogP contribution in [0.3, 0.4) is 0 Å². The normalized spacial score (nSPS) is 21.4. The molecule has 1 heterocycles. The van der Waals surface area contributed by atoms with Crippen molar-refractivity contribution in [2.24, 2.45) is 17.6 Å². The number of phenolic OH excluding ortho intramolecular Hbond substituents is 2. The fraction of sp³-hybridized carbons (Fsp3) is 0.491. The third kappa shape index (κ3) is 13.5. The summed E-state index contributed by atoms with van der Waals surface area (Å²) in [6, 6.07) is 6.29. The van der Waals surface area contributed by atoms with Crippen LogP contribution < -0.4 is 37.1 Å². The lowest BCUT2D eigenvalue weighted by molar-refractivity contribution is -0.249. The van der Waals surface area contributed by atoms with Crippen molar-refractivity contribution in [3.63, 3.8) is 0 Å². The molecule has 6 rings (SSSR count). The van der Waals surface area contributed by atoms with Gasteiger partial charge in [0.2, 0.25) is 23.5 Å². The second kappa shape index (κ2) is 25.1. The molecule has 3 aliphatic rings. The molecular weight excluding hydrogens is 1010 g/mol. The molecule has 0 aromatic heterocycles. The van der Waals surface area contributed by atoms with Crippen molar-refractivity contribution in [2.45, 2.75) is 134 Å². The van der Waals surface area contributed by atoms with Gasteiger partial charge in [-0.1, -0.05) is 52.0 Å². The highest BCUT2D eigenvalue weighted by Crippen LogP contribution is 2.52. The largest absolute Gasteiger partial charge is 0.507 e. The Morgan fingerprint density at radius 2 is 1.58 bits per heavy atom. The first-order chi connectivity index (χ1) is 36.4. The molecule has 0 unspecified atom stereocenters. The van der Waals surface area contributed by atoms with E-state index in [0.29, 0.717) is 11.3 Å². The van der Waals surface area contributed by atoms with E-state index in [1.807, 2.05) is 0 Å². The summed E-state index contributed by atoms with van der Waals surface area (Å²) >= 11 is 0. The van der Waals surface area contributed by atoms with Crippen LogP contribution in [-0.4, -0.2) is 141 Å². The van der Waals surface area contributed by atoms with Crippen LogP contribution in [0.4, 0.5) is 15.3 Å². The number of aliphatic hydroxyl groups excluding tert-OH is 2. The molecule has 8 atom stereocenters. The van der Waals surface area contributed by atoms with Gasteiger partial charge in [-0.15, -0.1) is 0 Å². The Hall–Kier alpha value is -7.51. The summed E-state index contributed by atoms with van der Waals surface area (Å²) in [6.07, 6.45) is -7.72. The van der Waals surface area contributed by atoms with Crippen LogP contribution in [0, 0.1) is 11.8 Å². The van der Waals surface area contributed by atoms with Crippen LogP contribution in [0.2, 0.25) is 0 Å². The second-order valence-electron chi connectivity index (χ2n) is 19.9. The van der Waals surface area contributed by atoms with E-state index in [2.05, 4.69) is 26.6 Å². The minimum absolute atomic E-state index is 0.00464. The van der Waals surface area contributed by atoms with E-state index in [1.165, 1.54) is 44.4 Å². The van der Waals surface area contributed by atoms with Gasteiger partial charge >= 0.3 is 12.1 Å². The van der Waals surface area contributed by atoms with Gasteiger partial charge in [0.1, 0.15) is 60.0 Å². The Labute approximate surface area is 442 Å². The summed E-state index contributed by atoms with van der Waals surface area (Å²) in [4.78, 5) is 117. The number of aliphatic hydroxyl groups is 3. The van der Waals surface area contributed by atoms with Gasteiger partial charge < -0.3 is 76.8 Å². The van der Waals surface area contributed by atoms with Crippen LogP contribution in [0.5, 0.6) is 17.2 Å². The van der Waals surface area contributed by atoms with Crippen molar-refractivity contribution < 1.29 is 87.6 Å². The number of phenols is 2. The SMILES string of the molecule is COc1cccc2c1C(=O)c1c(O)c3c(c(O)c1C2=O)C[C@@](O)(C(=O)CO)C[C@@H]3O[C@H]1C[C@H](NC(=O)OCc2ccc(NC(=O)[C@H](CCCNC(N)=O)NC(=O)[C@@H](NC(=O)CCC(=O)C(C)C)C(C)C)cc2)[C@@H](O)[C@H](C)O1. The molecule has 0 saturated carbocycles.